The van der Waals surface area contributed by atoms with Gasteiger partial charge in [0.15, 0.2) is 9.84 Å². The monoisotopic (exact) mass is 305 g/mol. The van der Waals surface area contributed by atoms with E-state index in [1.54, 1.807) is 0 Å². The third-order valence-electron chi connectivity index (χ3n) is 5.22. The van der Waals surface area contributed by atoms with Crippen molar-refractivity contribution in [3.05, 3.63) is 35.4 Å². The van der Waals surface area contributed by atoms with Crippen LogP contribution >= 0.6 is 0 Å². The lowest BCUT2D eigenvalue weighted by molar-refractivity contribution is -0.0420. The maximum absolute atomic E-state index is 12.1. The van der Waals surface area contributed by atoms with Crippen molar-refractivity contribution in [1.82, 2.24) is 0 Å². The Labute approximate surface area is 125 Å². The topological polar surface area (TPSA) is 78.2 Å². The molecule has 112 valence electrons. The maximum atomic E-state index is 12.1. The zero-order valence-electron chi connectivity index (χ0n) is 12.0. The van der Waals surface area contributed by atoms with Crippen molar-refractivity contribution < 1.29 is 13.5 Å². The third kappa shape index (κ3) is 2.01. The van der Waals surface area contributed by atoms with E-state index in [1.165, 1.54) is 6.26 Å². The average molecular weight is 305 g/mol. The average Bonchev–Trinajstić information content (AvgIpc) is 3.00. The van der Waals surface area contributed by atoms with E-state index in [0.29, 0.717) is 32.1 Å². The van der Waals surface area contributed by atoms with Gasteiger partial charge in [0.05, 0.1) is 16.7 Å². The second-order valence-electron chi connectivity index (χ2n) is 6.45. The Morgan fingerprint density at radius 1 is 1.29 bits per heavy atom. The molecule has 0 bridgehead atoms. The molecular weight excluding hydrogens is 286 g/mol. The molecule has 3 rings (SSSR count). The molecule has 1 saturated carbocycles. The van der Waals surface area contributed by atoms with Crippen LogP contribution in [0.4, 0.5) is 0 Å². The number of hydrogen-bond acceptors (Lipinski definition) is 4. The molecule has 0 saturated heterocycles. The van der Waals surface area contributed by atoms with Crippen LogP contribution in [0.3, 0.4) is 0 Å². The predicted molar refractivity (Wildman–Crippen MR) is 79.3 cm³/mol. The highest BCUT2D eigenvalue weighted by atomic mass is 32.2. The smallest absolute Gasteiger partial charge is 0.153 e. The first kappa shape index (κ1) is 14.6. The number of aliphatic hydroxyl groups is 1. The number of fused-ring (bicyclic) bond motifs is 1. The summed E-state index contributed by atoms with van der Waals surface area (Å²) in [4.78, 5) is 0. The van der Waals surface area contributed by atoms with E-state index in [4.69, 9.17) is 0 Å². The van der Waals surface area contributed by atoms with Crippen molar-refractivity contribution in [2.45, 2.75) is 43.0 Å². The Bertz CT molecular complexity index is 694. The Balaban J connectivity index is 2.08. The molecule has 1 N–H and O–H groups in total. The van der Waals surface area contributed by atoms with E-state index in [1.807, 2.05) is 24.3 Å². The fraction of sp³-hybridized carbons (Fsp3) is 0.562. The summed E-state index contributed by atoms with van der Waals surface area (Å²) in [5.74, 6) is 0. The van der Waals surface area contributed by atoms with Crippen LogP contribution in [0.15, 0.2) is 24.3 Å². The van der Waals surface area contributed by atoms with E-state index in [2.05, 4.69) is 6.07 Å². The number of hydrogen-bond donors (Lipinski definition) is 1. The van der Waals surface area contributed by atoms with Gasteiger partial charge < -0.3 is 5.11 Å². The number of nitrogens with zero attached hydrogens (tertiary/aromatic N) is 1. The summed E-state index contributed by atoms with van der Waals surface area (Å²) in [5.41, 5.74) is -0.381. The van der Waals surface area contributed by atoms with E-state index >= 15 is 0 Å². The largest absolute Gasteiger partial charge is 0.387 e. The van der Waals surface area contributed by atoms with Gasteiger partial charge in [0.2, 0.25) is 0 Å². The molecule has 1 aromatic carbocycles. The first-order valence-corrected chi connectivity index (χ1v) is 9.17. The van der Waals surface area contributed by atoms with E-state index in [0.717, 1.165) is 11.1 Å². The molecule has 0 aromatic heterocycles. The summed E-state index contributed by atoms with van der Waals surface area (Å²) in [5, 5.41) is 20.2. The molecule has 2 aliphatic carbocycles. The standard InChI is InChI=1S/C16H19NO3S/c1-21(19,20)14-7-4-8-16(14,18)15(11-17)9-12-5-2-3-6-13(12)10-15/h2-3,5-6,14,18H,4,7-10H2,1H3. The highest BCUT2D eigenvalue weighted by Gasteiger charge is 2.62. The first-order valence-electron chi connectivity index (χ1n) is 7.22. The van der Waals surface area contributed by atoms with Crippen LogP contribution in [0, 0.1) is 16.7 Å². The van der Waals surface area contributed by atoms with Crippen LogP contribution in [0.25, 0.3) is 0 Å². The molecule has 0 aliphatic heterocycles. The minimum Gasteiger partial charge on any atom is -0.387 e. The second-order valence-corrected chi connectivity index (χ2v) is 8.68. The third-order valence-corrected chi connectivity index (χ3v) is 6.88. The fourth-order valence-corrected chi connectivity index (χ4v) is 5.82. The molecule has 0 heterocycles. The summed E-state index contributed by atoms with van der Waals surface area (Å²) in [7, 11) is -3.38. The normalized spacial score (nSPS) is 30.8. The quantitative estimate of drug-likeness (QED) is 0.900. The van der Waals surface area contributed by atoms with Gasteiger partial charge in [-0.2, -0.15) is 5.26 Å². The molecule has 2 atom stereocenters. The summed E-state index contributed by atoms with van der Waals surface area (Å²) >= 11 is 0. The van der Waals surface area contributed by atoms with Gasteiger partial charge in [-0.1, -0.05) is 24.3 Å². The van der Waals surface area contributed by atoms with Crippen LogP contribution in [-0.4, -0.2) is 30.6 Å². The number of rotatable bonds is 2. The Kier molecular flexibility index (Phi) is 3.16. The molecule has 1 fully saturated rings. The summed E-state index contributed by atoms with van der Waals surface area (Å²) in [6.45, 7) is 0. The summed E-state index contributed by atoms with van der Waals surface area (Å²) in [6.07, 6.45) is 3.50. The van der Waals surface area contributed by atoms with Gasteiger partial charge in [0.1, 0.15) is 5.60 Å². The van der Waals surface area contributed by atoms with Gasteiger partial charge in [-0.25, -0.2) is 8.42 Å². The molecule has 0 amide bonds. The van der Waals surface area contributed by atoms with Crippen LogP contribution in [0.5, 0.6) is 0 Å². The lowest BCUT2D eigenvalue weighted by Crippen LogP contribution is -2.55. The van der Waals surface area contributed by atoms with E-state index in [9.17, 15) is 18.8 Å². The van der Waals surface area contributed by atoms with Gasteiger partial charge in [-0.3, -0.25) is 0 Å². The van der Waals surface area contributed by atoms with Gasteiger partial charge in [-0.15, -0.1) is 0 Å². The maximum Gasteiger partial charge on any atom is 0.153 e. The van der Waals surface area contributed by atoms with Crippen molar-refractivity contribution >= 4 is 9.84 Å². The number of sulfone groups is 1. The molecule has 21 heavy (non-hydrogen) atoms. The Hall–Kier alpha value is -1.38. The Morgan fingerprint density at radius 2 is 1.86 bits per heavy atom. The minimum absolute atomic E-state index is 0.381. The predicted octanol–water partition coefficient (Wildman–Crippen LogP) is 1.62. The molecule has 1 aromatic rings. The second kappa shape index (κ2) is 4.56. The Morgan fingerprint density at radius 3 is 2.33 bits per heavy atom. The SMILES string of the molecule is CS(=O)(=O)C1CCCC1(O)C1(C#N)Cc2ccccc2C1. The van der Waals surface area contributed by atoms with Crippen molar-refractivity contribution in [3.8, 4) is 6.07 Å². The van der Waals surface area contributed by atoms with Crippen LogP contribution in [0.1, 0.15) is 30.4 Å². The van der Waals surface area contributed by atoms with Crippen molar-refractivity contribution in [2.75, 3.05) is 6.26 Å². The molecule has 2 unspecified atom stereocenters. The van der Waals surface area contributed by atoms with Gasteiger partial charge in [0, 0.05) is 6.26 Å². The molecule has 4 nitrogen and oxygen atoms in total. The molecule has 5 heteroatoms. The van der Waals surface area contributed by atoms with E-state index < -0.39 is 26.1 Å². The van der Waals surface area contributed by atoms with Gasteiger partial charge in [-0.05, 0) is 43.2 Å². The summed E-state index contributed by atoms with van der Waals surface area (Å²) in [6, 6.07) is 10.0. The van der Waals surface area contributed by atoms with Crippen LogP contribution in [0.2, 0.25) is 0 Å². The van der Waals surface area contributed by atoms with E-state index in [-0.39, 0.29) is 0 Å². The molecule has 0 spiro atoms. The summed E-state index contributed by atoms with van der Waals surface area (Å²) < 4.78 is 24.1. The zero-order valence-corrected chi connectivity index (χ0v) is 12.9. The first-order chi connectivity index (χ1) is 9.82. The zero-order chi connectivity index (χ0) is 15.3. The van der Waals surface area contributed by atoms with Gasteiger partial charge >= 0.3 is 0 Å². The van der Waals surface area contributed by atoms with Crippen molar-refractivity contribution in [1.29, 1.82) is 5.26 Å². The molecule has 2 aliphatic rings. The van der Waals surface area contributed by atoms with Gasteiger partial charge in [0.25, 0.3) is 0 Å². The van der Waals surface area contributed by atoms with Crippen LogP contribution in [-0.2, 0) is 22.7 Å². The molecular formula is C16H19NO3S. The molecule has 0 radical (unpaired) electrons. The lowest BCUT2D eigenvalue weighted by Gasteiger charge is -2.41. The fourth-order valence-electron chi connectivity index (χ4n) is 4.17. The number of benzene rings is 1. The van der Waals surface area contributed by atoms with Crippen molar-refractivity contribution in [3.63, 3.8) is 0 Å². The highest BCUT2D eigenvalue weighted by molar-refractivity contribution is 7.91. The highest BCUT2D eigenvalue weighted by Crippen LogP contribution is 2.53. The lowest BCUT2D eigenvalue weighted by atomic mass is 9.69. The van der Waals surface area contributed by atoms with Crippen molar-refractivity contribution in [2.24, 2.45) is 5.41 Å². The number of nitriles is 1. The minimum atomic E-state index is -3.38. The van der Waals surface area contributed by atoms with Crippen LogP contribution < -0.4 is 0 Å².